The molecule has 2 aromatic carbocycles. The molecule has 0 aliphatic carbocycles. The standard InChI is InChI=1S/C16H18O2/c1-13-3-7-15(8-4-13)11-17-12-18-16-9-5-14(2)6-10-16/h3-10H,11-12H2,1-2H3. The molecule has 18 heavy (non-hydrogen) atoms. The van der Waals surface area contributed by atoms with Gasteiger partial charge in [0.15, 0.2) is 6.79 Å². The van der Waals surface area contributed by atoms with Gasteiger partial charge >= 0.3 is 0 Å². The van der Waals surface area contributed by atoms with Crippen LogP contribution < -0.4 is 4.74 Å². The summed E-state index contributed by atoms with van der Waals surface area (Å²) in [6.07, 6.45) is 0. The van der Waals surface area contributed by atoms with E-state index in [-0.39, 0.29) is 6.79 Å². The summed E-state index contributed by atoms with van der Waals surface area (Å²) in [4.78, 5) is 0. The fourth-order valence-electron chi connectivity index (χ4n) is 1.59. The molecule has 94 valence electrons. The average Bonchev–Trinajstić information content (AvgIpc) is 2.39. The third kappa shape index (κ3) is 3.90. The van der Waals surface area contributed by atoms with Gasteiger partial charge in [-0.1, -0.05) is 47.5 Å². The third-order valence-electron chi connectivity index (χ3n) is 2.72. The molecule has 2 aromatic rings. The molecule has 0 bridgehead atoms. The summed E-state index contributed by atoms with van der Waals surface area (Å²) in [5, 5.41) is 0. The van der Waals surface area contributed by atoms with Gasteiger partial charge in [0.25, 0.3) is 0 Å². The topological polar surface area (TPSA) is 18.5 Å². The lowest BCUT2D eigenvalue weighted by molar-refractivity contribution is 0.00504. The zero-order valence-electron chi connectivity index (χ0n) is 10.8. The van der Waals surface area contributed by atoms with Gasteiger partial charge in [-0.2, -0.15) is 0 Å². The molecule has 2 rings (SSSR count). The van der Waals surface area contributed by atoms with E-state index in [0.717, 1.165) is 11.3 Å². The van der Waals surface area contributed by atoms with E-state index in [4.69, 9.17) is 9.47 Å². The molecule has 2 heteroatoms. The minimum atomic E-state index is 0.275. The quantitative estimate of drug-likeness (QED) is 0.585. The smallest absolute Gasteiger partial charge is 0.189 e. The van der Waals surface area contributed by atoms with E-state index >= 15 is 0 Å². The van der Waals surface area contributed by atoms with Gasteiger partial charge in [0.05, 0.1) is 6.61 Å². The van der Waals surface area contributed by atoms with Gasteiger partial charge in [-0.25, -0.2) is 0 Å². The Morgan fingerprint density at radius 2 is 1.33 bits per heavy atom. The van der Waals surface area contributed by atoms with Gasteiger partial charge in [-0.05, 0) is 31.5 Å². The van der Waals surface area contributed by atoms with Crippen molar-refractivity contribution in [1.82, 2.24) is 0 Å². The van der Waals surface area contributed by atoms with E-state index in [1.54, 1.807) is 0 Å². The zero-order valence-corrected chi connectivity index (χ0v) is 10.8. The maximum Gasteiger partial charge on any atom is 0.189 e. The van der Waals surface area contributed by atoms with Crippen molar-refractivity contribution in [3.63, 3.8) is 0 Å². The van der Waals surface area contributed by atoms with Crippen molar-refractivity contribution in [2.24, 2.45) is 0 Å². The number of hydrogen-bond donors (Lipinski definition) is 0. The highest BCUT2D eigenvalue weighted by Gasteiger charge is 1.95. The molecule has 0 unspecified atom stereocenters. The van der Waals surface area contributed by atoms with Gasteiger partial charge in [-0.3, -0.25) is 0 Å². The van der Waals surface area contributed by atoms with Gasteiger partial charge in [0, 0.05) is 0 Å². The molecule has 0 aliphatic heterocycles. The van der Waals surface area contributed by atoms with Crippen molar-refractivity contribution in [3.8, 4) is 5.75 Å². The summed E-state index contributed by atoms with van der Waals surface area (Å²) in [7, 11) is 0. The van der Waals surface area contributed by atoms with Gasteiger partial charge < -0.3 is 9.47 Å². The maximum absolute atomic E-state index is 5.48. The first kappa shape index (κ1) is 12.7. The minimum absolute atomic E-state index is 0.275. The van der Waals surface area contributed by atoms with E-state index in [9.17, 15) is 0 Å². The number of ether oxygens (including phenoxy) is 2. The minimum Gasteiger partial charge on any atom is -0.468 e. The molecular weight excluding hydrogens is 224 g/mol. The Morgan fingerprint density at radius 3 is 1.94 bits per heavy atom. The van der Waals surface area contributed by atoms with Crippen LogP contribution >= 0.6 is 0 Å². The molecule has 0 radical (unpaired) electrons. The predicted octanol–water partition coefficient (Wildman–Crippen LogP) is 3.86. The molecule has 0 fully saturated rings. The fourth-order valence-corrected chi connectivity index (χ4v) is 1.59. The summed E-state index contributed by atoms with van der Waals surface area (Å²) in [5.41, 5.74) is 3.64. The molecule has 0 saturated carbocycles. The molecule has 0 spiro atoms. The highest BCUT2D eigenvalue weighted by atomic mass is 16.7. The molecule has 0 amide bonds. The molecule has 0 heterocycles. The van der Waals surface area contributed by atoms with Crippen LogP contribution in [-0.2, 0) is 11.3 Å². The molecule has 0 aromatic heterocycles. The number of rotatable bonds is 5. The highest BCUT2D eigenvalue weighted by molar-refractivity contribution is 5.26. The maximum atomic E-state index is 5.48. The van der Waals surface area contributed by atoms with Crippen LogP contribution in [0.15, 0.2) is 48.5 Å². The number of benzene rings is 2. The first-order valence-corrected chi connectivity index (χ1v) is 6.07. The Hall–Kier alpha value is -1.80. The Balaban J connectivity index is 1.73. The van der Waals surface area contributed by atoms with Crippen LogP contribution in [-0.4, -0.2) is 6.79 Å². The van der Waals surface area contributed by atoms with Crippen molar-refractivity contribution >= 4 is 0 Å². The van der Waals surface area contributed by atoms with Crippen LogP contribution in [0.1, 0.15) is 16.7 Å². The Kier molecular flexibility index (Phi) is 4.37. The first-order valence-electron chi connectivity index (χ1n) is 6.07. The second-order valence-corrected chi connectivity index (χ2v) is 4.41. The van der Waals surface area contributed by atoms with Gasteiger partial charge in [0.2, 0.25) is 0 Å². The van der Waals surface area contributed by atoms with E-state index in [2.05, 4.69) is 38.1 Å². The van der Waals surface area contributed by atoms with E-state index in [1.807, 2.05) is 24.3 Å². The first-order chi connectivity index (χ1) is 8.74. The van der Waals surface area contributed by atoms with Crippen LogP contribution in [0.25, 0.3) is 0 Å². The van der Waals surface area contributed by atoms with E-state index < -0.39 is 0 Å². The SMILES string of the molecule is Cc1ccc(COCOc2ccc(C)cc2)cc1. The van der Waals surface area contributed by atoms with Crippen molar-refractivity contribution in [2.75, 3.05) is 6.79 Å². The Morgan fingerprint density at radius 1 is 0.778 bits per heavy atom. The summed E-state index contributed by atoms with van der Waals surface area (Å²) < 4.78 is 11.0. The molecule has 0 aliphatic rings. The largest absolute Gasteiger partial charge is 0.468 e. The molecule has 2 nitrogen and oxygen atoms in total. The van der Waals surface area contributed by atoms with Crippen molar-refractivity contribution in [2.45, 2.75) is 20.5 Å². The lowest BCUT2D eigenvalue weighted by atomic mass is 10.2. The van der Waals surface area contributed by atoms with Gasteiger partial charge in [0.1, 0.15) is 5.75 Å². The van der Waals surface area contributed by atoms with Crippen LogP contribution in [0.4, 0.5) is 0 Å². The summed E-state index contributed by atoms with van der Waals surface area (Å²) >= 11 is 0. The van der Waals surface area contributed by atoms with E-state index in [0.29, 0.717) is 6.61 Å². The van der Waals surface area contributed by atoms with Crippen LogP contribution in [0.3, 0.4) is 0 Å². The summed E-state index contributed by atoms with van der Waals surface area (Å²) in [6, 6.07) is 16.3. The third-order valence-corrected chi connectivity index (χ3v) is 2.72. The molecule has 0 atom stereocenters. The normalized spacial score (nSPS) is 10.3. The molecule has 0 N–H and O–H groups in total. The lowest BCUT2D eigenvalue weighted by Gasteiger charge is -2.07. The van der Waals surface area contributed by atoms with Gasteiger partial charge in [-0.15, -0.1) is 0 Å². The van der Waals surface area contributed by atoms with Crippen molar-refractivity contribution in [3.05, 3.63) is 65.2 Å². The van der Waals surface area contributed by atoms with Crippen molar-refractivity contribution in [1.29, 1.82) is 0 Å². The average molecular weight is 242 g/mol. The Labute approximate surface area is 108 Å². The van der Waals surface area contributed by atoms with Crippen molar-refractivity contribution < 1.29 is 9.47 Å². The predicted molar refractivity (Wildman–Crippen MR) is 72.6 cm³/mol. The summed E-state index contributed by atoms with van der Waals surface area (Å²) in [6.45, 7) is 4.98. The second-order valence-electron chi connectivity index (χ2n) is 4.41. The van der Waals surface area contributed by atoms with E-state index in [1.165, 1.54) is 11.1 Å². The second kappa shape index (κ2) is 6.22. The summed E-state index contributed by atoms with van der Waals surface area (Å²) in [5.74, 6) is 0.838. The monoisotopic (exact) mass is 242 g/mol. The van der Waals surface area contributed by atoms with Crippen LogP contribution in [0, 0.1) is 13.8 Å². The highest BCUT2D eigenvalue weighted by Crippen LogP contribution is 2.11. The molecule has 0 saturated heterocycles. The Bertz CT molecular complexity index is 424. The number of aryl methyl sites for hydroxylation is 2. The number of hydrogen-bond acceptors (Lipinski definition) is 2. The molecular formula is C16H18O2. The zero-order chi connectivity index (χ0) is 12.8. The van der Waals surface area contributed by atoms with Crippen LogP contribution in [0.5, 0.6) is 5.75 Å². The fraction of sp³-hybridized carbons (Fsp3) is 0.250. The lowest BCUT2D eigenvalue weighted by Crippen LogP contribution is -2.02. The van der Waals surface area contributed by atoms with Crippen LogP contribution in [0.2, 0.25) is 0 Å².